The third-order valence-corrected chi connectivity index (χ3v) is 5.25. The monoisotopic (exact) mass is 452 g/mol. The van der Waals surface area contributed by atoms with Crippen molar-refractivity contribution in [3.63, 3.8) is 0 Å². The molecule has 2 aromatic rings. The van der Waals surface area contributed by atoms with Crippen LogP contribution in [0.1, 0.15) is 51.7 Å². The van der Waals surface area contributed by atoms with Crippen molar-refractivity contribution in [3.05, 3.63) is 84.0 Å². The van der Waals surface area contributed by atoms with Gasteiger partial charge in [-0.1, -0.05) is 62.4 Å². The first-order valence-corrected chi connectivity index (χ1v) is 11.7. The second-order valence-corrected chi connectivity index (χ2v) is 9.10. The van der Waals surface area contributed by atoms with Crippen LogP contribution in [0.4, 0.5) is 0 Å². The van der Waals surface area contributed by atoms with E-state index in [1.54, 1.807) is 0 Å². The summed E-state index contributed by atoms with van der Waals surface area (Å²) in [6.45, 7) is 19.9. The molecule has 0 heterocycles. The average molecular weight is 453 g/mol. The summed E-state index contributed by atoms with van der Waals surface area (Å²) in [5.74, 6) is 1.76. The van der Waals surface area contributed by atoms with Crippen molar-refractivity contribution in [3.8, 4) is 11.5 Å². The van der Waals surface area contributed by atoms with E-state index in [-0.39, 0.29) is 5.41 Å². The van der Waals surface area contributed by atoms with Gasteiger partial charge in [0.15, 0.2) is 0 Å². The highest BCUT2D eigenvalue weighted by atomic mass is 16.5. The van der Waals surface area contributed by atoms with Gasteiger partial charge in [-0.3, -0.25) is 0 Å². The number of hydrogen-bond acceptors (Lipinski definition) is 4. The minimum Gasteiger partial charge on any atom is -0.494 e. The van der Waals surface area contributed by atoms with Crippen LogP contribution in [-0.2, 0) is 14.9 Å². The van der Waals surface area contributed by atoms with E-state index in [4.69, 9.17) is 18.9 Å². The third kappa shape index (κ3) is 9.85. The van der Waals surface area contributed by atoms with Crippen molar-refractivity contribution in [1.29, 1.82) is 0 Å². The molecule has 33 heavy (non-hydrogen) atoms. The van der Waals surface area contributed by atoms with Gasteiger partial charge in [-0.15, -0.1) is 0 Å². The molecule has 0 saturated carbocycles. The zero-order valence-corrected chi connectivity index (χ0v) is 20.8. The molecule has 0 fully saturated rings. The molecule has 4 nitrogen and oxygen atoms in total. The maximum absolute atomic E-state index is 5.84. The lowest BCUT2D eigenvalue weighted by molar-refractivity contribution is 0.138. The van der Waals surface area contributed by atoms with Crippen LogP contribution >= 0.6 is 0 Å². The van der Waals surface area contributed by atoms with E-state index < -0.39 is 0 Å². The normalized spacial score (nSPS) is 11.3. The zero-order valence-electron chi connectivity index (χ0n) is 20.8. The second-order valence-electron chi connectivity index (χ2n) is 9.10. The lowest BCUT2D eigenvalue weighted by Gasteiger charge is -2.26. The highest BCUT2D eigenvalue weighted by Gasteiger charge is 2.23. The van der Waals surface area contributed by atoms with Crippen molar-refractivity contribution >= 4 is 0 Å². The molecule has 180 valence electrons. The van der Waals surface area contributed by atoms with Crippen LogP contribution in [-0.4, -0.2) is 39.6 Å². The molecule has 4 heteroatoms. The quantitative estimate of drug-likeness (QED) is 0.209. The van der Waals surface area contributed by atoms with Crippen LogP contribution in [0.5, 0.6) is 11.5 Å². The first-order valence-electron chi connectivity index (χ1n) is 11.7. The van der Waals surface area contributed by atoms with Crippen LogP contribution < -0.4 is 9.47 Å². The van der Waals surface area contributed by atoms with E-state index in [0.29, 0.717) is 39.6 Å². The molecular weight excluding hydrogens is 412 g/mol. The summed E-state index contributed by atoms with van der Waals surface area (Å²) in [6.07, 6.45) is 1.72. The molecule has 0 spiro atoms. The van der Waals surface area contributed by atoms with Crippen molar-refractivity contribution in [2.24, 2.45) is 0 Å². The van der Waals surface area contributed by atoms with Gasteiger partial charge in [-0.25, -0.2) is 0 Å². The Balaban J connectivity index is 1.79. The van der Waals surface area contributed by atoms with E-state index in [1.807, 2.05) is 38.1 Å². The molecule has 0 aliphatic carbocycles. The molecule has 0 bridgehead atoms. The Kier molecular flexibility index (Phi) is 11.2. The topological polar surface area (TPSA) is 36.9 Å². The average Bonchev–Trinajstić information content (AvgIpc) is 2.78. The fourth-order valence-corrected chi connectivity index (χ4v) is 3.30. The van der Waals surface area contributed by atoms with E-state index in [0.717, 1.165) is 35.5 Å². The lowest BCUT2D eigenvalue weighted by Crippen LogP contribution is -2.18. The van der Waals surface area contributed by atoms with Gasteiger partial charge in [0.1, 0.15) is 11.5 Å². The van der Waals surface area contributed by atoms with Crippen LogP contribution in [0, 0.1) is 0 Å². The van der Waals surface area contributed by atoms with Gasteiger partial charge in [0.25, 0.3) is 0 Å². The van der Waals surface area contributed by atoms with Crippen LogP contribution in [0.3, 0.4) is 0 Å². The maximum Gasteiger partial charge on any atom is 0.119 e. The van der Waals surface area contributed by atoms with Crippen molar-refractivity contribution in [2.45, 2.75) is 46.0 Å². The summed E-state index contributed by atoms with van der Waals surface area (Å²) in [7, 11) is 0. The maximum atomic E-state index is 5.84. The summed E-state index contributed by atoms with van der Waals surface area (Å²) in [6, 6.07) is 16.7. The summed E-state index contributed by atoms with van der Waals surface area (Å²) in [5.41, 5.74) is 4.43. The number of hydrogen-bond donors (Lipinski definition) is 0. The van der Waals surface area contributed by atoms with E-state index >= 15 is 0 Å². The molecule has 2 rings (SSSR count). The zero-order chi connectivity index (χ0) is 24.1. The van der Waals surface area contributed by atoms with Gasteiger partial charge in [0.05, 0.1) is 39.6 Å². The third-order valence-electron chi connectivity index (χ3n) is 5.25. The SMILES string of the molecule is C=C(C)COCCCOc1ccc(C(C)(C)c2ccc(OCCCOCC(=C)C)cc2)cc1. The first-order chi connectivity index (χ1) is 15.8. The van der Waals surface area contributed by atoms with Gasteiger partial charge >= 0.3 is 0 Å². The molecule has 0 radical (unpaired) electrons. The minimum absolute atomic E-state index is 0.121. The molecule has 0 unspecified atom stereocenters. The van der Waals surface area contributed by atoms with Gasteiger partial charge in [0, 0.05) is 18.3 Å². The number of ether oxygens (including phenoxy) is 4. The summed E-state index contributed by atoms with van der Waals surface area (Å²) >= 11 is 0. The largest absolute Gasteiger partial charge is 0.494 e. The predicted molar refractivity (Wildman–Crippen MR) is 137 cm³/mol. The van der Waals surface area contributed by atoms with Gasteiger partial charge < -0.3 is 18.9 Å². The van der Waals surface area contributed by atoms with Crippen LogP contribution in [0.15, 0.2) is 72.8 Å². The predicted octanol–water partition coefficient (Wildman–Crippen LogP) is 6.74. The highest BCUT2D eigenvalue weighted by Crippen LogP contribution is 2.33. The standard InChI is InChI=1S/C29H40O4/c1-23(2)21-30-17-7-19-32-27-13-9-25(10-14-27)29(5,6)26-11-15-28(16-12-26)33-20-8-18-31-22-24(3)4/h9-16H,1,3,7-8,17-22H2,2,4-6H3. The molecular formula is C29H40O4. The fourth-order valence-electron chi connectivity index (χ4n) is 3.30. The second kappa shape index (κ2) is 13.9. The van der Waals surface area contributed by atoms with Gasteiger partial charge in [-0.2, -0.15) is 0 Å². The molecule has 0 saturated heterocycles. The number of rotatable bonds is 16. The molecule has 0 atom stereocenters. The van der Waals surface area contributed by atoms with Crippen molar-refractivity contribution in [2.75, 3.05) is 39.6 Å². The van der Waals surface area contributed by atoms with Crippen LogP contribution in [0.25, 0.3) is 0 Å². The number of benzene rings is 2. The van der Waals surface area contributed by atoms with E-state index in [2.05, 4.69) is 51.3 Å². The Morgan fingerprint density at radius 1 is 0.636 bits per heavy atom. The Labute approximate surface area is 200 Å². The van der Waals surface area contributed by atoms with Crippen LogP contribution in [0.2, 0.25) is 0 Å². The van der Waals surface area contributed by atoms with E-state index in [1.165, 1.54) is 11.1 Å². The summed E-state index contributed by atoms with van der Waals surface area (Å²) in [5, 5.41) is 0. The molecule has 0 amide bonds. The Bertz CT molecular complexity index is 779. The van der Waals surface area contributed by atoms with Crippen molar-refractivity contribution < 1.29 is 18.9 Å². The molecule has 0 N–H and O–H groups in total. The Hall–Kier alpha value is -2.56. The summed E-state index contributed by atoms with van der Waals surface area (Å²) in [4.78, 5) is 0. The lowest BCUT2D eigenvalue weighted by atomic mass is 9.78. The van der Waals surface area contributed by atoms with E-state index in [9.17, 15) is 0 Å². The fraction of sp³-hybridized carbons (Fsp3) is 0.448. The summed E-state index contributed by atoms with van der Waals surface area (Å²) < 4.78 is 22.7. The molecule has 2 aromatic carbocycles. The van der Waals surface area contributed by atoms with Gasteiger partial charge in [-0.05, 0) is 49.2 Å². The highest BCUT2D eigenvalue weighted by molar-refractivity contribution is 5.41. The van der Waals surface area contributed by atoms with Crippen molar-refractivity contribution in [1.82, 2.24) is 0 Å². The minimum atomic E-state index is -0.121. The smallest absolute Gasteiger partial charge is 0.119 e. The molecule has 0 aromatic heterocycles. The van der Waals surface area contributed by atoms with Gasteiger partial charge in [0.2, 0.25) is 0 Å². The Morgan fingerprint density at radius 3 is 1.33 bits per heavy atom. The Morgan fingerprint density at radius 2 is 1.00 bits per heavy atom. The first kappa shape index (κ1) is 26.7. The molecule has 0 aliphatic rings. The molecule has 0 aliphatic heterocycles.